The molecule has 0 aliphatic heterocycles. The Bertz CT molecular complexity index is 706. The highest BCUT2D eigenvalue weighted by Gasteiger charge is 2.01. The van der Waals surface area contributed by atoms with Gasteiger partial charge in [-0.05, 0) is 37.1 Å². The van der Waals surface area contributed by atoms with Gasteiger partial charge >= 0.3 is 0 Å². The van der Waals surface area contributed by atoms with Crippen molar-refractivity contribution >= 4 is 23.4 Å². The third kappa shape index (κ3) is 5.79. The second-order valence-corrected chi connectivity index (χ2v) is 5.20. The molecular weight excluding hydrogens is 286 g/mol. The van der Waals surface area contributed by atoms with E-state index in [0.29, 0.717) is 0 Å². The summed E-state index contributed by atoms with van der Waals surface area (Å²) in [5.41, 5.74) is 6.42. The Hall–Kier alpha value is -2.88. The van der Waals surface area contributed by atoms with Crippen molar-refractivity contribution in [1.29, 1.82) is 0 Å². The average molecular weight is 307 g/mol. The summed E-state index contributed by atoms with van der Waals surface area (Å²) in [4.78, 5) is 11.8. The molecule has 0 bridgehead atoms. The van der Waals surface area contributed by atoms with Gasteiger partial charge in [-0.1, -0.05) is 54.6 Å². The van der Waals surface area contributed by atoms with E-state index in [9.17, 15) is 4.79 Å². The molecule has 0 fully saturated rings. The molecular formula is C19H21N3O. The zero-order valence-corrected chi connectivity index (χ0v) is 13.4. The van der Waals surface area contributed by atoms with Crippen LogP contribution in [0.25, 0.3) is 6.08 Å². The van der Waals surface area contributed by atoms with Gasteiger partial charge in [-0.25, -0.2) is 5.43 Å². The number of hydrazone groups is 1. The highest BCUT2D eigenvalue weighted by atomic mass is 16.2. The van der Waals surface area contributed by atoms with Crippen LogP contribution < -0.4 is 10.7 Å². The van der Waals surface area contributed by atoms with Gasteiger partial charge in [0.1, 0.15) is 0 Å². The van der Waals surface area contributed by atoms with Crippen molar-refractivity contribution in [1.82, 2.24) is 5.43 Å². The van der Waals surface area contributed by atoms with Crippen molar-refractivity contribution in [3.63, 3.8) is 0 Å². The minimum atomic E-state index is -0.180. The SMILES string of the molecule is CC(/C=C\c1ccccc1)=N\NC(=O)CNc1ccccc1C. The van der Waals surface area contributed by atoms with Crippen molar-refractivity contribution in [2.45, 2.75) is 13.8 Å². The monoisotopic (exact) mass is 307 g/mol. The van der Waals surface area contributed by atoms with E-state index in [0.717, 1.165) is 22.5 Å². The molecule has 0 aliphatic carbocycles. The Balaban J connectivity index is 1.81. The Kier molecular flexibility index (Phi) is 6.12. The normalized spacial score (nSPS) is 11.5. The van der Waals surface area contributed by atoms with Crippen molar-refractivity contribution in [3.8, 4) is 0 Å². The molecule has 23 heavy (non-hydrogen) atoms. The largest absolute Gasteiger partial charge is 0.376 e. The van der Waals surface area contributed by atoms with Gasteiger partial charge in [-0.3, -0.25) is 4.79 Å². The Morgan fingerprint density at radius 1 is 1.09 bits per heavy atom. The highest BCUT2D eigenvalue weighted by Crippen LogP contribution is 2.12. The van der Waals surface area contributed by atoms with Gasteiger partial charge in [0, 0.05) is 5.69 Å². The minimum absolute atomic E-state index is 0.180. The van der Waals surface area contributed by atoms with Crippen molar-refractivity contribution in [3.05, 3.63) is 71.8 Å². The fourth-order valence-corrected chi connectivity index (χ4v) is 1.96. The van der Waals surface area contributed by atoms with Crippen LogP contribution in [0.15, 0.2) is 65.8 Å². The Morgan fingerprint density at radius 2 is 1.78 bits per heavy atom. The van der Waals surface area contributed by atoms with Crippen LogP contribution in [0, 0.1) is 6.92 Å². The summed E-state index contributed by atoms with van der Waals surface area (Å²) in [6, 6.07) is 17.8. The van der Waals surface area contributed by atoms with Crippen molar-refractivity contribution in [2.24, 2.45) is 5.10 Å². The number of nitrogens with zero attached hydrogens (tertiary/aromatic N) is 1. The maximum absolute atomic E-state index is 11.8. The summed E-state index contributed by atoms with van der Waals surface area (Å²) in [6.07, 6.45) is 3.82. The zero-order valence-electron chi connectivity index (χ0n) is 13.4. The second-order valence-electron chi connectivity index (χ2n) is 5.20. The molecule has 2 rings (SSSR count). The van der Waals surface area contributed by atoms with Crippen LogP contribution in [-0.2, 0) is 4.79 Å². The van der Waals surface area contributed by atoms with Crippen LogP contribution in [-0.4, -0.2) is 18.2 Å². The van der Waals surface area contributed by atoms with E-state index in [1.54, 1.807) is 0 Å². The number of carbonyl (C=O) groups is 1. The first-order valence-electron chi connectivity index (χ1n) is 7.51. The third-order valence-corrected chi connectivity index (χ3v) is 3.26. The van der Waals surface area contributed by atoms with E-state index < -0.39 is 0 Å². The molecule has 4 nitrogen and oxygen atoms in total. The molecule has 0 unspecified atom stereocenters. The van der Waals surface area contributed by atoms with Gasteiger partial charge in [-0.15, -0.1) is 0 Å². The van der Waals surface area contributed by atoms with E-state index in [4.69, 9.17) is 0 Å². The number of hydrogen-bond donors (Lipinski definition) is 2. The highest BCUT2D eigenvalue weighted by molar-refractivity contribution is 5.97. The van der Waals surface area contributed by atoms with Crippen LogP contribution in [0.1, 0.15) is 18.1 Å². The summed E-state index contributed by atoms with van der Waals surface area (Å²) in [6.45, 7) is 4.02. The fraction of sp³-hybridized carbons (Fsp3) is 0.158. The lowest BCUT2D eigenvalue weighted by Gasteiger charge is -2.08. The summed E-state index contributed by atoms with van der Waals surface area (Å²) in [7, 11) is 0. The van der Waals surface area contributed by atoms with E-state index >= 15 is 0 Å². The predicted octanol–water partition coefficient (Wildman–Crippen LogP) is 3.61. The number of amides is 1. The van der Waals surface area contributed by atoms with Crippen molar-refractivity contribution < 1.29 is 4.79 Å². The summed E-state index contributed by atoms with van der Waals surface area (Å²) in [5, 5.41) is 7.16. The second kappa shape index (κ2) is 8.54. The number of rotatable bonds is 6. The van der Waals surface area contributed by atoms with Crippen LogP contribution >= 0.6 is 0 Å². The van der Waals surface area contributed by atoms with E-state index in [1.807, 2.05) is 80.6 Å². The Labute approximate surface area is 136 Å². The molecule has 2 aromatic rings. The lowest BCUT2D eigenvalue weighted by atomic mass is 10.2. The van der Waals surface area contributed by atoms with Crippen LogP contribution in [0.2, 0.25) is 0 Å². The maximum atomic E-state index is 11.8. The summed E-state index contributed by atoms with van der Waals surface area (Å²) >= 11 is 0. The van der Waals surface area contributed by atoms with Gasteiger partial charge in [-0.2, -0.15) is 5.10 Å². The molecule has 118 valence electrons. The van der Waals surface area contributed by atoms with Gasteiger partial charge in [0.25, 0.3) is 5.91 Å². The lowest BCUT2D eigenvalue weighted by molar-refractivity contribution is -0.119. The number of aryl methyl sites for hydroxylation is 1. The lowest BCUT2D eigenvalue weighted by Crippen LogP contribution is -2.26. The number of allylic oxidation sites excluding steroid dienone is 1. The molecule has 0 radical (unpaired) electrons. The number of para-hydroxylation sites is 1. The average Bonchev–Trinajstić information content (AvgIpc) is 2.58. The third-order valence-electron chi connectivity index (χ3n) is 3.26. The number of carbonyl (C=O) groups excluding carboxylic acids is 1. The van der Waals surface area contributed by atoms with E-state index in [1.165, 1.54) is 0 Å². The van der Waals surface area contributed by atoms with E-state index in [-0.39, 0.29) is 12.5 Å². The maximum Gasteiger partial charge on any atom is 0.259 e. The van der Waals surface area contributed by atoms with Crippen molar-refractivity contribution in [2.75, 3.05) is 11.9 Å². The Morgan fingerprint density at radius 3 is 2.52 bits per heavy atom. The van der Waals surface area contributed by atoms with Gasteiger partial charge in [0.05, 0.1) is 12.3 Å². The standard InChI is InChI=1S/C19H21N3O/c1-15-8-6-7-11-18(15)20-14-19(23)22-21-16(2)12-13-17-9-4-3-5-10-17/h3-13,20H,14H2,1-2H3,(H,22,23)/b13-12-,21-16+. The van der Waals surface area contributed by atoms with E-state index in [2.05, 4.69) is 15.8 Å². The number of nitrogens with one attached hydrogen (secondary N) is 2. The first kappa shape index (κ1) is 16.5. The van der Waals surface area contributed by atoms with Gasteiger partial charge in [0.2, 0.25) is 0 Å². The van der Waals surface area contributed by atoms with Crippen LogP contribution in [0.4, 0.5) is 5.69 Å². The number of anilines is 1. The van der Waals surface area contributed by atoms with Crippen LogP contribution in [0.3, 0.4) is 0 Å². The summed E-state index contributed by atoms with van der Waals surface area (Å²) in [5.74, 6) is -0.180. The molecule has 0 spiro atoms. The van der Waals surface area contributed by atoms with Crippen LogP contribution in [0.5, 0.6) is 0 Å². The molecule has 1 amide bonds. The zero-order chi connectivity index (χ0) is 16.5. The number of hydrogen-bond acceptors (Lipinski definition) is 3. The molecule has 0 saturated carbocycles. The minimum Gasteiger partial charge on any atom is -0.376 e. The molecule has 0 aliphatic rings. The first-order valence-corrected chi connectivity index (χ1v) is 7.51. The topological polar surface area (TPSA) is 53.5 Å². The molecule has 2 N–H and O–H groups in total. The molecule has 4 heteroatoms. The molecule has 0 aromatic heterocycles. The first-order chi connectivity index (χ1) is 11.1. The molecule has 2 aromatic carbocycles. The van der Waals surface area contributed by atoms with Gasteiger partial charge in [0.15, 0.2) is 0 Å². The smallest absolute Gasteiger partial charge is 0.259 e. The number of benzene rings is 2. The molecule has 0 heterocycles. The van der Waals surface area contributed by atoms with Gasteiger partial charge < -0.3 is 5.32 Å². The predicted molar refractivity (Wildman–Crippen MR) is 96.4 cm³/mol. The quantitative estimate of drug-likeness (QED) is 0.632. The molecule has 0 saturated heterocycles. The summed E-state index contributed by atoms with van der Waals surface area (Å²) < 4.78 is 0. The fourth-order valence-electron chi connectivity index (χ4n) is 1.96. The molecule has 0 atom stereocenters.